The second-order valence-electron chi connectivity index (χ2n) is 13.6. The molecule has 2 aromatic carbocycles. The molecule has 0 radical (unpaired) electrons. The quantitative estimate of drug-likeness (QED) is 0.259. The lowest BCUT2D eigenvalue weighted by molar-refractivity contribution is -0.134. The van der Waals surface area contributed by atoms with E-state index in [9.17, 15) is 9.59 Å². The van der Waals surface area contributed by atoms with Gasteiger partial charge in [0.15, 0.2) is 5.65 Å². The third-order valence-electron chi connectivity index (χ3n) is 8.95. The molecule has 2 amide bonds. The Kier molecular flexibility index (Phi) is 8.24. The number of rotatable bonds is 5. The van der Waals surface area contributed by atoms with Crippen molar-refractivity contribution in [2.45, 2.75) is 70.6 Å². The number of pyridine rings is 1. The largest absolute Gasteiger partial charge is 0.444 e. The number of benzene rings is 2. The van der Waals surface area contributed by atoms with E-state index in [1.54, 1.807) is 0 Å². The van der Waals surface area contributed by atoms with Crippen molar-refractivity contribution in [2.24, 2.45) is 0 Å². The molecule has 236 valence electrons. The summed E-state index contributed by atoms with van der Waals surface area (Å²) in [4.78, 5) is 39.0. The van der Waals surface area contributed by atoms with Crippen LogP contribution in [0.2, 0.25) is 5.02 Å². The number of fused-ring (bicyclic) bond motifs is 1. The van der Waals surface area contributed by atoms with E-state index in [1.165, 1.54) is 0 Å². The number of carbonyl (C=O) groups excluding carboxylic acids is 2. The van der Waals surface area contributed by atoms with Crippen molar-refractivity contribution >= 4 is 40.3 Å². The lowest BCUT2D eigenvalue weighted by Crippen LogP contribution is -2.55. The lowest BCUT2D eigenvalue weighted by Gasteiger charge is -2.42. The van der Waals surface area contributed by atoms with Gasteiger partial charge >= 0.3 is 6.09 Å². The molecule has 2 aliphatic rings. The fourth-order valence-electron chi connectivity index (χ4n) is 6.81. The summed E-state index contributed by atoms with van der Waals surface area (Å²) in [6.45, 7) is 12.1. The van der Waals surface area contributed by atoms with Gasteiger partial charge in [0.05, 0.1) is 29.2 Å². The van der Waals surface area contributed by atoms with Gasteiger partial charge in [-0.05, 0) is 70.7 Å². The Morgan fingerprint density at radius 3 is 2.36 bits per heavy atom. The number of carbonyl (C=O) groups is 2. The topological polar surface area (TPSA) is 94.7 Å². The first-order valence-corrected chi connectivity index (χ1v) is 16.0. The number of amides is 2. The van der Waals surface area contributed by atoms with Crippen LogP contribution in [-0.2, 0) is 9.53 Å². The molecule has 1 N–H and O–H groups in total. The number of hydrogen-bond acceptors (Lipinski definition) is 6. The van der Waals surface area contributed by atoms with Crippen LogP contribution in [0.4, 0.5) is 10.5 Å². The highest BCUT2D eigenvalue weighted by Crippen LogP contribution is 2.43. The van der Waals surface area contributed by atoms with Crippen molar-refractivity contribution in [3.05, 3.63) is 77.6 Å². The van der Waals surface area contributed by atoms with Gasteiger partial charge in [-0.2, -0.15) is 5.10 Å². The molecule has 0 bridgehead atoms. The maximum Gasteiger partial charge on any atom is 0.411 e. The van der Waals surface area contributed by atoms with Crippen molar-refractivity contribution in [1.29, 1.82) is 0 Å². The SMILES string of the molecule is CC(C)(C)OC(=O)N1C([C@@H](C(=O)N2CCN(c3c(-c4ccccc4)cnc4[nH]ncc34)CC2)c2ccc(Cl)cc2)CCC1(C)C. The molecular weight excluding hydrogens is 588 g/mol. The minimum Gasteiger partial charge on any atom is -0.444 e. The van der Waals surface area contributed by atoms with Crippen molar-refractivity contribution in [2.75, 3.05) is 31.1 Å². The normalized spacial score (nSPS) is 19.2. The first-order valence-electron chi connectivity index (χ1n) is 15.6. The van der Waals surface area contributed by atoms with Gasteiger partial charge in [0, 0.05) is 48.5 Å². The highest BCUT2D eigenvalue weighted by Gasteiger charge is 2.50. The van der Waals surface area contributed by atoms with Gasteiger partial charge in [-0.15, -0.1) is 0 Å². The number of halogens is 1. The van der Waals surface area contributed by atoms with Gasteiger partial charge < -0.3 is 14.5 Å². The number of nitrogens with one attached hydrogen (secondary N) is 1. The molecule has 0 aliphatic carbocycles. The minimum absolute atomic E-state index is 0.0136. The number of H-pyrrole nitrogens is 1. The lowest BCUT2D eigenvalue weighted by atomic mass is 9.88. The van der Waals surface area contributed by atoms with Crippen LogP contribution in [0.25, 0.3) is 22.2 Å². The third kappa shape index (κ3) is 6.23. The summed E-state index contributed by atoms with van der Waals surface area (Å²) in [5, 5.41) is 8.83. The summed E-state index contributed by atoms with van der Waals surface area (Å²) in [6.07, 6.45) is 4.80. The zero-order valence-electron chi connectivity index (χ0n) is 26.6. The first kappa shape index (κ1) is 30.9. The van der Waals surface area contributed by atoms with Gasteiger partial charge in [-0.3, -0.25) is 14.8 Å². The van der Waals surface area contributed by atoms with Crippen LogP contribution < -0.4 is 4.90 Å². The number of likely N-dealkylation sites (tertiary alicyclic amines) is 1. The van der Waals surface area contributed by atoms with E-state index < -0.39 is 17.1 Å². The monoisotopic (exact) mass is 628 g/mol. The van der Waals surface area contributed by atoms with Gasteiger partial charge in [0.25, 0.3) is 0 Å². The summed E-state index contributed by atoms with van der Waals surface area (Å²) in [5.74, 6) is -0.538. The second-order valence-corrected chi connectivity index (χ2v) is 14.1. The van der Waals surface area contributed by atoms with Crippen molar-refractivity contribution in [3.8, 4) is 11.1 Å². The number of piperazine rings is 1. The molecule has 2 fully saturated rings. The Labute approximate surface area is 269 Å². The van der Waals surface area contributed by atoms with Crippen LogP contribution in [0, 0.1) is 0 Å². The Bertz CT molecular complexity index is 1670. The number of anilines is 1. The summed E-state index contributed by atoms with van der Waals surface area (Å²) in [6, 6.07) is 17.3. The maximum absolute atomic E-state index is 14.6. The van der Waals surface area contributed by atoms with Gasteiger partial charge in [0.2, 0.25) is 5.91 Å². The van der Waals surface area contributed by atoms with E-state index in [2.05, 4.69) is 46.1 Å². The van der Waals surface area contributed by atoms with E-state index in [-0.39, 0.29) is 18.0 Å². The molecule has 4 aromatic rings. The van der Waals surface area contributed by atoms with Gasteiger partial charge in [-0.1, -0.05) is 54.1 Å². The van der Waals surface area contributed by atoms with Crippen molar-refractivity contribution in [3.63, 3.8) is 0 Å². The maximum atomic E-state index is 14.6. The fraction of sp³-hybridized carbons (Fsp3) is 0.429. The molecule has 2 saturated heterocycles. The molecule has 6 rings (SSSR count). The zero-order chi connectivity index (χ0) is 31.9. The highest BCUT2D eigenvalue weighted by atomic mass is 35.5. The zero-order valence-corrected chi connectivity index (χ0v) is 27.3. The molecule has 2 aliphatic heterocycles. The predicted molar refractivity (Wildman–Crippen MR) is 177 cm³/mol. The molecule has 2 atom stereocenters. The summed E-state index contributed by atoms with van der Waals surface area (Å²) in [7, 11) is 0. The molecule has 0 saturated carbocycles. The molecular formula is C35H41ClN6O3. The molecule has 1 unspecified atom stereocenters. The average molecular weight is 629 g/mol. The molecule has 10 heteroatoms. The number of nitrogens with zero attached hydrogens (tertiary/aromatic N) is 5. The Balaban J connectivity index is 1.29. The Morgan fingerprint density at radius 1 is 1.00 bits per heavy atom. The number of ether oxygens (including phenoxy) is 1. The first-order chi connectivity index (χ1) is 21.4. The standard InChI is InChI=1S/C35H41ClN6O3/c1-34(2,3)45-33(44)42-28(15-16-35(42,4)5)29(24-11-13-25(36)14-12-24)32(43)41-19-17-40(18-20-41)30-26(23-9-7-6-8-10-23)21-37-31-27(30)22-38-39-31/h6-14,21-22,28-29H,15-20H2,1-5H3,(H,37,38,39)/t28?,29-/m0/s1. The van der Waals surface area contributed by atoms with E-state index in [1.807, 2.05) is 85.4 Å². The second kappa shape index (κ2) is 12.0. The fourth-order valence-corrected chi connectivity index (χ4v) is 6.94. The van der Waals surface area contributed by atoms with E-state index >= 15 is 0 Å². The highest BCUT2D eigenvalue weighted by molar-refractivity contribution is 6.30. The van der Waals surface area contributed by atoms with E-state index in [0.717, 1.165) is 39.8 Å². The van der Waals surface area contributed by atoms with Crippen LogP contribution in [0.3, 0.4) is 0 Å². The van der Waals surface area contributed by atoms with Crippen LogP contribution in [-0.4, -0.2) is 80.3 Å². The molecule has 4 heterocycles. The third-order valence-corrected chi connectivity index (χ3v) is 9.20. The Morgan fingerprint density at radius 2 is 1.69 bits per heavy atom. The summed E-state index contributed by atoms with van der Waals surface area (Å²) < 4.78 is 5.88. The van der Waals surface area contributed by atoms with Crippen LogP contribution in [0.1, 0.15) is 58.9 Å². The van der Waals surface area contributed by atoms with E-state index in [4.69, 9.17) is 16.3 Å². The molecule has 0 spiro atoms. The van der Waals surface area contributed by atoms with Gasteiger partial charge in [-0.25, -0.2) is 9.78 Å². The van der Waals surface area contributed by atoms with Crippen LogP contribution >= 0.6 is 11.6 Å². The number of aromatic amines is 1. The molecule has 45 heavy (non-hydrogen) atoms. The van der Waals surface area contributed by atoms with Crippen molar-refractivity contribution < 1.29 is 14.3 Å². The summed E-state index contributed by atoms with van der Waals surface area (Å²) >= 11 is 6.27. The minimum atomic E-state index is -0.650. The Hall–Kier alpha value is -4.11. The smallest absolute Gasteiger partial charge is 0.411 e. The number of hydrogen-bond donors (Lipinski definition) is 1. The van der Waals surface area contributed by atoms with Crippen LogP contribution in [0.15, 0.2) is 67.0 Å². The molecule has 9 nitrogen and oxygen atoms in total. The van der Waals surface area contributed by atoms with Gasteiger partial charge in [0.1, 0.15) is 5.60 Å². The van der Waals surface area contributed by atoms with Crippen LogP contribution in [0.5, 0.6) is 0 Å². The van der Waals surface area contributed by atoms with E-state index in [0.29, 0.717) is 37.6 Å². The average Bonchev–Trinajstić information content (AvgIpc) is 3.61. The number of aromatic nitrogens is 3. The van der Waals surface area contributed by atoms with Crippen molar-refractivity contribution in [1.82, 2.24) is 25.0 Å². The predicted octanol–water partition coefficient (Wildman–Crippen LogP) is 6.89. The molecule has 2 aromatic heterocycles. The summed E-state index contributed by atoms with van der Waals surface area (Å²) in [5.41, 5.74) is 3.65.